The molecule has 2 N–H and O–H groups in total. The summed E-state index contributed by atoms with van der Waals surface area (Å²) in [5, 5.41) is 18.0. The van der Waals surface area contributed by atoms with E-state index in [9.17, 15) is 0 Å². The highest BCUT2D eigenvalue weighted by molar-refractivity contribution is 4.94. The molecule has 0 amide bonds. The van der Waals surface area contributed by atoms with Gasteiger partial charge in [-0.05, 0) is 42.9 Å². The van der Waals surface area contributed by atoms with Crippen molar-refractivity contribution in [3.8, 4) is 0 Å². The topological polar surface area (TPSA) is 40.5 Å². The molecule has 2 fully saturated rings. The van der Waals surface area contributed by atoms with Gasteiger partial charge in [-0.25, -0.2) is 0 Å². The van der Waals surface area contributed by atoms with Crippen molar-refractivity contribution in [3.05, 3.63) is 0 Å². The molecule has 0 radical (unpaired) electrons. The van der Waals surface area contributed by atoms with Crippen LogP contribution in [0.1, 0.15) is 19.3 Å². The van der Waals surface area contributed by atoms with Crippen molar-refractivity contribution in [2.24, 2.45) is 23.7 Å². The lowest BCUT2D eigenvalue weighted by Gasteiger charge is -2.24. The highest BCUT2D eigenvalue weighted by Gasteiger charge is 2.44. The summed E-state index contributed by atoms with van der Waals surface area (Å²) >= 11 is 0. The van der Waals surface area contributed by atoms with E-state index in [1.165, 1.54) is 6.42 Å². The highest BCUT2D eigenvalue weighted by Crippen LogP contribution is 2.51. The van der Waals surface area contributed by atoms with Crippen LogP contribution in [0.2, 0.25) is 0 Å². The Morgan fingerprint density at radius 2 is 1.27 bits per heavy atom. The molecule has 2 rings (SSSR count). The molecule has 0 heterocycles. The molecule has 0 aromatic rings. The monoisotopic (exact) mass is 156 g/mol. The van der Waals surface area contributed by atoms with Crippen molar-refractivity contribution in [1.29, 1.82) is 0 Å². The quantitative estimate of drug-likeness (QED) is 0.615. The van der Waals surface area contributed by atoms with Crippen LogP contribution in [0.25, 0.3) is 0 Å². The summed E-state index contributed by atoms with van der Waals surface area (Å²) in [4.78, 5) is 0. The predicted molar refractivity (Wildman–Crippen MR) is 42.0 cm³/mol. The maximum Gasteiger partial charge on any atom is 0.0462 e. The molecule has 2 aliphatic rings. The largest absolute Gasteiger partial charge is 0.396 e. The van der Waals surface area contributed by atoms with Crippen LogP contribution in [0, 0.1) is 23.7 Å². The molecule has 2 aliphatic carbocycles. The van der Waals surface area contributed by atoms with Gasteiger partial charge < -0.3 is 10.2 Å². The third kappa shape index (κ3) is 1.09. The van der Waals surface area contributed by atoms with Gasteiger partial charge in [0, 0.05) is 13.2 Å². The van der Waals surface area contributed by atoms with Crippen LogP contribution in [0.4, 0.5) is 0 Å². The molecule has 64 valence electrons. The molecule has 11 heavy (non-hydrogen) atoms. The van der Waals surface area contributed by atoms with Crippen molar-refractivity contribution >= 4 is 0 Å². The molecule has 2 saturated carbocycles. The minimum Gasteiger partial charge on any atom is -0.396 e. The van der Waals surface area contributed by atoms with Crippen molar-refractivity contribution in [3.63, 3.8) is 0 Å². The Balaban J connectivity index is 1.97. The van der Waals surface area contributed by atoms with Crippen molar-refractivity contribution in [2.45, 2.75) is 19.3 Å². The number of hydrogen-bond donors (Lipinski definition) is 2. The lowest BCUT2D eigenvalue weighted by Crippen LogP contribution is -2.22. The Bertz CT molecular complexity index is 130. The molecule has 4 atom stereocenters. The summed E-state index contributed by atoms with van der Waals surface area (Å²) in [5.41, 5.74) is 0. The number of fused-ring (bicyclic) bond motifs is 2. The molecule has 0 aromatic heterocycles. The molecule has 0 saturated heterocycles. The first kappa shape index (κ1) is 7.56. The van der Waals surface area contributed by atoms with Gasteiger partial charge in [-0.2, -0.15) is 0 Å². The van der Waals surface area contributed by atoms with Crippen LogP contribution in [0.3, 0.4) is 0 Å². The average molecular weight is 156 g/mol. The van der Waals surface area contributed by atoms with Gasteiger partial charge in [-0.1, -0.05) is 0 Å². The highest BCUT2D eigenvalue weighted by atomic mass is 16.3. The van der Waals surface area contributed by atoms with E-state index < -0.39 is 0 Å². The number of rotatable bonds is 2. The maximum absolute atomic E-state index is 8.98. The van der Waals surface area contributed by atoms with Gasteiger partial charge >= 0.3 is 0 Å². The van der Waals surface area contributed by atoms with E-state index in [1.807, 2.05) is 0 Å². The van der Waals surface area contributed by atoms with Gasteiger partial charge in [-0.3, -0.25) is 0 Å². The zero-order valence-electron chi connectivity index (χ0n) is 6.74. The van der Waals surface area contributed by atoms with E-state index in [1.54, 1.807) is 0 Å². The Morgan fingerprint density at radius 3 is 1.55 bits per heavy atom. The standard InChI is InChI=1S/C9H16O2/c10-4-8-2-6-1-7(8)3-9(6)5-11/h6-11H,1-5H2/t6-,7-,8?,9?/m1/s1. The van der Waals surface area contributed by atoms with Crippen LogP contribution in [0.15, 0.2) is 0 Å². The fourth-order valence-electron chi connectivity index (χ4n) is 2.96. The average Bonchev–Trinajstić information content (AvgIpc) is 2.60. The molecule has 0 aromatic carbocycles. The van der Waals surface area contributed by atoms with Crippen molar-refractivity contribution < 1.29 is 10.2 Å². The zero-order chi connectivity index (χ0) is 7.84. The van der Waals surface area contributed by atoms with E-state index in [0.717, 1.165) is 24.7 Å². The zero-order valence-corrected chi connectivity index (χ0v) is 6.74. The molecular weight excluding hydrogens is 140 g/mol. The van der Waals surface area contributed by atoms with E-state index in [4.69, 9.17) is 10.2 Å². The molecule has 2 heteroatoms. The van der Waals surface area contributed by atoms with Crippen molar-refractivity contribution in [2.75, 3.05) is 13.2 Å². The first-order chi connectivity index (χ1) is 5.35. The van der Waals surface area contributed by atoms with E-state index in [-0.39, 0.29) is 0 Å². The van der Waals surface area contributed by atoms with Crippen LogP contribution in [-0.2, 0) is 0 Å². The third-order valence-corrected chi connectivity index (χ3v) is 3.62. The van der Waals surface area contributed by atoms with Crippen LogP contribution in [0.5, 0.6) is 0 Å². The minimum absolute atomic E-state index is 0.360. The van der Waals surface area contributed by atoms with Crippen LogP contribution in [-0.4, -0.2) is 23.4 Å². The molecule has 2 bridgehead atoms. The van der Waals surface area contributed by atoms with Crippen molar-refractivity contribution in [1.82, 2.24) is 0 Å². The van der Waals surface area contributed by atoms with Gasteiger partial charge in [0.25, 0.3) is 0 Å². The van der Waals surface area contributed by atoms with E-state index >= 15 is 0 Å². The number of aliphatic hydroxyl groups excluding tert-OH is 2. The van der Waals surface area contributed by atoms with E-state index in [2.05, 4.69) is 0 Å². The lowest BCUT2D eigenvalue weighted by atomic mass is 9.83. The first-order valence-electron chi connectivity index (χ1n) is 4.57. The maximum atomic E-state index is 8.98. The second-order valence-electron chi connectivity index (χ2n) is 4.11. The molecule has 0 spiro atoms. The minimum atomic E-state index is 0.360. The molecule has 2 unspecified atom stereocenters. The van der Waals surface area contributed by atoms with E-state index in [0.29, 0.717) is 25.0 Å². The first-order valence-corrected chi connectivity index (χ1v) is 4.57. The molecular formula is C9H16O2. The van der Waals surface area contributed by atoms with Gasteiger partial charge in [0.1, 0.15) is 0 Å². The third-order valence-electron chi connectivity index (χ3n) is 3.62. The summed E-state index contributed by atoms with van der Waals surface area (Å²) < 4.78 is 0. The predicted octanol–water partition coefficient (Wildman–Crippen LogP) is 0.633. The second kappa shape index (κ2) is 2.76. The molecule has 2 nitrogen and oxygen atoms in total. The number of aliphatic hydroxyl groups is 2. The Hall–Kier alpha value is -0.0800. The fraction of sp³-hybridized carbons (Fsp3) is 1.00. The van der Waals surface area contributed by atoms with Gasteiger partial charge in [0.15, 0.2) is 0 Å². The summed E-state index contributed by atoms with van der Waals surface area (Å²) in [6, 6.07) is 0. The van der Waals surface area contributed by atoms with Gasteiger partial charge in [-0.15, -0.1) is 0 Å². The van der Waals surface area contributed by atoms with Crippen LogP contribution < -0.4 is 0 Å². The summed E-state index contributed by atoms with van der Waals surface area (Å²) in [7, 11) is 0. The van der Waals surface area contributed by atoms with Gasteiger partial charge in [0.2, 0.25) is 0 Å². The Labute approximate surface area is 67.2 Å². The Morgan fingerprint density at radius 1 is 0.818 bits per heavy atom. The number of hydrogen-bond acceptors (Lipinski definition) is 2. The summed E-state index contributed by atoms with van der Waals surface area (Å²) in [6.45, 7) is 0.721. The summed E-state index contributed by atoms with van der Waals surface area (Å²) in [6.07, 6.45) is 3.58. The SMILES string of the molecule is OCC1C[C@H]2C[C@@H]1CC2CO. The molecule has 0 aliphatic heterocycles. The normalized spacial score (nSPS) is 48.5. The fourth-order valence-corrected chi connectivity index (χ4v) is 2.96. The van der Waals surface area contributed by atoms with Crippen LogP contribution >= 0.6 is 0 Å². The lowest BCUT2D eigenvalue weighted by molar-refractivity contribution is 0.122. The van der Waals surface area contributed by atoms with Gasteiger partial charge in [0.05, 0.1) is 0 Å². The Kier molecular flexibility index (Phi) is 1.90. The summed E-state index contributed by atoms with van der Waals surface area (Å²) in [5.74, 6) is 2.56. The smallest absolute Gasteiger partial charge is 0.0462 e. The second-order valence-corrected chi connectivity index (χ2v) is 4.11.